The SMILES string of the molecule is COC(=S)N(C)NC(=O)CC(=O)NN(C)C(=S)C(=O)N=[N+]=[N-]. The van der Waals surface area contributed by atoms with Crippen molar-refractivity contribution in [3.8, 4) is 0 Å². The van der Waals surface area contributed by atoms with E-state index in [0.717, 1.165) is 10.0 Å². The smallest absolute Gasteiger partial charge is 0.277 e. The number of hydrogen-bond acceptors (Lipinski definition) is 6. The Hall–Kier alpha value is -2.50. The van der Waals surface area contributed by atoms with E-state index in [9.17, 15) is 14.4 Å². The van der Waals surface area contributed by atoms with Crippen molar-refractivity contribution < 1.29 is 19.1 Å². The summed E-state index contributed by atoms with van der Waals surface area (Å²) in [7, 11) is 4.02. The highest BCUT2D eigenvalue weighted by Gasteiger charge is 2.17. The van der Waals surface area contributed by atoms with E-state index in [0.29, 0.717) is 0 Å². The van der Waals surface area contributed by atoms with Gasteiger partial charge in [-0.3, -0.25) is 30.2 Å². The van der Waals surface area contributed by atoms with Gasteiger partial charge in [-0.25, -0.2) is 5.01 Å². The first-order chi connectivity index (χ1) is 10.2. The van der Waals surface area contributed by atoms with Crippen LogP contribution >= 0.6 is 24.4 Å². The predicted molar refractivity (Wildman–Crippen MR) is 82.8 cm³/mol. The first kappa shape index (κ1) is 19.5. The molecule has 13 heteroatoms. The van der Waals surface area contributed by atoms with Crippen LogP contribution in [0.1, 0.15) is 6.42 Å². The molecular formula is C9H13N7O4S2. The molecule has 2 N–H and O–H groups in total. The van der Waals surface area contributed by atoms with Crippen LogP contribution in [0.25, 0.3) is 10.4 Å². The van der Waals surface area contributed by atoms with Crippen molar-refractivity contribution in [1.29, 1.82) is 0 Å². The second-order valence-electron chi connectivity index (χ2n) is 3.63. The summed E-state index contributed by atoms with van der Waals surface area (Å²) in [6.07, 6.45) is -0.556. The maximum absolute atomic E-state index is 11.6. The predicted octanol–water partition coefficient (Wildman–Crippen LogP) is -0.602. The molecular weight excluding hydrogens is 334 g/mol. The Bertz CT molecular complexity index is 546. The summed E-state index contributed by atoms with van der Waals surface area (Å²) in [4.78, 5) is 36.2. The normalized spacial score (nSPS) is 8.86. The van der Waals surface area contributed by atoms with Crippen LogP contribution in [0.3, 0.4) is 0 Å². The molecule has 0 aromatic heterocycles. The zero-order valence-corrected chi connectivity index (χ0v) is 13.5. The van der Waals surface area contributed by atoms with Gasteiger partial charge < -0.3 is 4.74 Å². The standard InChI is InChI=1S/C9H13N7O4S2/c1-15(8(21)7(19)11-14-10)12-5(17)4-6(18)13-16(2)9(22)20-3/h4H2,1-3H3,(H,12,17)(H,13,18). The lowest BCUT2D eigenvalue weighted by Gasteiger charge is -2.21. The number of thiocarbonyl (C=S) groups is 2. The number of carbonyl (C=O) groups is 3. The maximum Gasteiger partial charge on any atom is 0.277 e. The van der Waals surface area contributed by atoms with Gasteiger partial charge >= 0.3 is 0 Å². The minimum absolute atomic E-state index is 0.00650. The molecule has 0 saturated carbocycles. The van der Waals surface area contributed by atoms with E-state index in [1.807, 2.05) is 0 Å². The van der Waals surface area contributed by atoms with E-state index >= 15 is 0 Å². The van der Waals surface area contributed by atoms with Gasteiger partial charge in [-0.1, -0.05) is 12.2 Å². The molecule has 0 aliphatic rings. The number of azide groups is 1. The lowest BCUT2D eigenvalue weighted by Crippen LogP contribution is -2.48. The highest BCUT2D eigenvalue weighted by atomic mass is 32.1. The van der Waals surface area contributed by atoms with Crippen LogP contribution in [0.15, 0.2) is 5.11 Å². The van der Waals surface area contributed by atoms with Gasteiger partial charge in [0.2, 0.25) is 11.8 Å². The lowest BCUT2D eigenvalue weighted by atomic mass is 10.4. The highest BCUT2D eigenvalue weighted by molar-refractivity contribution is 7.82. The number of hydrazine groups is 2. The third-order valence-electron chi connectivity index (χ3n) is 1.98. The molecule has 0 spiro atoms. The van der Waals surface area contributed by atoms with Crippen LogP contribution in [-0.4, -0.2) is 59.1 Å². The Balaban J connectivity index is 4.41. The number of likely N-dealkylation sites (N-methyl/N-ethyl adjacent to an activating group) is 1. The van der Waals surface area contributed by atoms with Crippen LogP contribution in [0, 0.1) is 0 Å². The summed E-state index contributed by atoms with van der Waals surface area (Å²) < 4.78 is 4.70. The summed E-state index contributed by atoms with van der Waals surface area (Å²) >= 11 is 9.42. The fourth-order valence-corrected chi connectivity index (χ4v) is 1.19. The molecule has 0 saturated heterocycles. The fraction of sp³-hybridized carbons (Fsp3) is 0.444. The summed E-state index contributed by atoms with van der Waals surface area (Å²) in [6.45, 7) is 0. The van der Waals surface area contributed by atoms with Crippen LogP contribution in [-0.2, 0) is 19.1 Å². The van der Waals surface area contributed by atoms with Crippen LogP contribution in [0.5, 0.6) is 0 Å². The van der Waals surface area contributed by atoms with Gasteiger partial charge in [0.25, 0.3) is 11.1 Å². The molecule has 0 radical (unpaired) electrons. The number of nitrogens with one attached hydrogen (secondary N) is 2. The molecule has 120 valence electrons. The summed E-state index contributed by atoms with van der Waals surface area (Å²) in [5.41, 5.74) is 12.6. The van der Waals surface area contributed by atoms with Gasteiger partial charge in [0.05, 0.1) is 7.11 Å². The molecule has 0 heterocycles. The third kappa shape index (κ3) is 6.78. The average molecular weight is 347 g/mol. The van der Waals surface area contributed by atoms with Crippen LogP contribution in [0.4, 0.5) is 0 Å². The van der Waals surface area contributed by atoms with E-state index in [1.54, 1.807) is 0 Å². The van der Waals surface area contributed by atoms with Crippen molar-refractivity contribution in [1.82, 2.24) is 20.9 Å². The van der Waals surface area contributed by atoms with Crippen LogP contribution < -0.4 is 10.9 Å². The first-order valence-electron chi connectivity index (χ1n) is 5.50. The molecule has 0 aromatic rings. The van der Waals surface area contributed by atoms with Gasteiger partial charge in [-0.2, -0.15) is 0 Å². The molecule has 0 bridgehead atoms. The van der Waals surface area contributed by atoms with Crippen molar-refractivity contribution in [3.63, 3.8) is 0 Å². The van der Waals surface area contributed by atoms with Crippen molar-refractivity contribution >= 4 is 52.3 Å². The topological polar surface area (TPSA) is 140 Å². The van der Waals surface area contributed by atoms with E-state index in [2.05, 4.69) is 33.1 Å². The Morgan fingerprint density at radius 3 is 2.14 bits per heavy atom. The van der Waals surface area contributed by atoms with Crippen LogP contribution in [0.2, 0.25) is 0 Å². The van der Waals surface area contributed by atoms with Gasteiger partial charge in [0.1, 0.15) is 6.42 Å². The number of rotatable bonds is 2. The summed E-state index contributed by atoms with van der Waals surface area (Å²) in [5, 5.41) is 4.76. The van der Waals surface area contributed by atoms with Crippen molar-refractivity contribution in [2.24, 2.45) is 5.11 Å². The van der Waals surface area contributed by atoms with Gasteiger partial charge in [-0.15, -0.1) is 0 Å². The number of ether oxygens (including phenoxy) is 1. The molecule has 0 atom stereocenters. The molecule has 0 fully saturated rings. The monoisotopic (exact) mass is 347 g/mol. The van der Waals surface area contributed by atoms with Gasteiger partial charge in [0.15, 0.2) is 4.99 Å². The van der Waals surface area contributed by atoms with E-state index in [-0.39, 0.29) is 5.17 Å². The number of amides is 3. The van der Waals surface area contributed by atoms with Crippen molar-refractivity contribution in [3.05, 3.63) is 10.4 Å². The Labute approximate surface area is 136 Å². The third-order valence-corrected chi connectivity index (χ3v) is 2.87. The minimum atomic E-state index is -1.03. The first-order valence-corrected chi connectivity index (χ1v) is 6.32. The minimum Gasteiger partial charge on any atom is -0.473 e. The fourth-order valence-electron chi connectivity index (χ4n) is 1.06. The van der Waals surface area contributed by atoms with Gasteiger partial charge in [-0.05, 0) is 22.9 Å². The Morgan fingerprint density at radius 2 is 1.68 bits per heavy atom. The quantitative estimate of drug-likeness (QED) is 0.168. The average Bonchev–Trinajstić information content (AvgIpc) is 2.44. The molecule has 0 unspecified atom stereocenters. The molecule has 0 rings (SSSR count). The summed E-state index contributed by atoms with van der Waals surface area (Å²) in [6, 6.07) is 0. The Kier molecular flexibility index (Phi) is 8.37. The maximum atomic E-state index is 11.6. The molecule has 0 aliphatic heterocycles. The number of carbonyl (C=O) groups excluding carboxylic acids is 3. The lowest BCUT2D eigenvalue weighted by molar-refractivity contribution is -0.132. The molecule has 22 heavy (non-hydrogen) atoms. The molecule has 11 nitrogen and oxygen atoms in total. The number of hydrogen-bond donors (Lipinski definition) is 2. The Morgan fingerprint density at radius 1 is 1.18 bits per heavy atom. The largest absolute Gasteiger partial charge is 0.473 e. The molecule has 0 aromatic carbocycles. The molecule has 3 amide bonds. The zero-order valence-electron chi connectivity index (χ0n) is 11.9. The summed E-state index contributed by atoms with van der Waals surface area (Å²) in [5.74, 6) is -2.44. The van der Waals surface area contributed by atoms with Gasteiger partial charge in [0, 0.05) is 19.0 Å². The molecule has 0 aliphatic carbocycles. The van der Waals surface area contributed by atoms with Crippen molar-refractivity contribution in [2.45, 2.75) is 6.42 Å². The number of methoxy groups -OCH3 is 1. The zero-order chi connectivity index (χ0) is 17.3. The van der Waals surface area contributed by atoms with E-state index < -0.39 is 29.1 Å². The number of nitrogens with zero attached hydrogens (tertiary/aromatic N) is 5. The van der Waals surface area contributed by atoms with E-state index in [1.165, 1.54) is 21.2 Å². The highest BCUT2D eigenvalue weighted by Crippen LogP contribution is 1.92. The second-order valence-corrected chi connectivity index (χ2v) is 4.37. The second kappa shape index (κ2) is 9.44. The van der Waals surface area contributed by atoms with E-state index in [4.69, 9.17) is 22.5 Å². The van der Waals surface area contributed by atoms with Crippen molar-refractivity contribution in [2.75, 3.05) is 21.2 Å².